The van der Waals surface area contributed by atoms with Crippen LogP contribution in [-0.2, 0) is 21.5 Å². The van der Waals surface area contributed by atoms with E-state index in [9.17, 15) is 17.6 Å². The zero-order valence-corrected chi connectivity index (χ0v) is 15.8. The highest BCUT2D eigenvalue weighted by Gasteiger charge is 2.28. The number of nitrogens with one attached hydrogen (secondary N) is 1. The van der Waals surface area contributed by atoms with E-state index in [1.54, 1.807) is 24.3 Å². The molecule has 0 fully saturated rings. The van der Waals surface area contributed by atoms with Crippen LogP contribution in [0.4, 0.5) is 10.1 Å². The number of hydrogen-bond donors (Lipinski definition) is 1. The number of nitrogens with zero attached hydrogens (tertiary/aromatic N) is 2. The number of rotatable bonds is 4. The predicted molar refractivity (Wildman–Crippen MR) is 102 cm³/mol. The van der Waals surface area contributed by atoms with Gasteiger partial charge in [-0.1, -0.05) is 41.9 Å². The van der Waals surface area contributed by atoms with Gasteiger partial charge in [0.05, 0.1) is 22.9 Å². The Hall–Kier alpha value is -2.71. The van der Waals surface area contributed by atoms with Crippen molar-refractivity contribution in [2.75, 3.05) is 5.32 Å². The van der Waals surface area contributed by atoms with E-state index in [0.717, 1.165) is 15.9 Å². The van der Waals surface area contributed by atoms with E-state index in [0.29, 0.717) is 0 Å². The number of carbonyl (C=O) groups is 1. The maximum Gasteiger partial charge on any atom is 0.344 e. The molecule has 0 unspecified atom stereocenters. The summed E-state index contributed by atoms with van der Waals surface area (Å²) in [6, 6.07) is 12.7. The number of carbonyl (C=O) groups excluding carboxylic acids is 1. The van der Waals surface area contributed by atoms with Gasteiger partial charge >= 0.3 is 10.2 Å². The summed E-state index contributed by atoms with van der Waals surface area (Å²) in [7, 11) is -3.93. The molecule has 9 heteroatoms. The van der Waals surface area contributed by atoms with Crippen LogP contribution < -0.4 is 5.32 Å². The van der Waals surface area contributed by atoms with Gasteiger partial charge in [-0.3, -0.25) is 9.10 Å². The first-order valence-corrected chi connectivity index (χ1v) is 9.64. The van der Waals surface area contributed by atoms with Crippen LogP contribution in [0.5, 0.6) is 0 Å². The molecule has 6 nitrogen and oxygen atoms in total. The zero-order chi connectivity index (χ0) is 19.6. The van der Waals surface area contributed by atoms with Gasteiger partial charge in [-0.15, -0.1) is 4.40 Å². The first-order chi connectivity index (χ1) is 12.8. The monoisotopic (exact) mass is 407 g/mol. The molecule has 3 rings (SSSR count). The molecule has 0 saturated carbocycles. The summed E-state index contributed by atoms with van der Waals surface area (Å²) in [6.45, 7) is 1.47. The summed E-state index contributed by atoms with van der Waals surface area (Å²) in [6.07, 6.45) is 1.24. The van der Waals surface area contributed by atoms with Crippen molar-refractivity contribution in [3.8, 4) is 0 Å². The largest absolute Gasteiger partial charge is 0.344 e. The lowest BCUT2D eigenvalue weighted by Crippen LogP contribution is -2.32. The minimum absolute atomic E-state index is 0.0408. The van der Waals surface area contributed by atoms with Crippen molar-refractivity contribution in [2.45, 2.75) is 13.5 Å². The van der Waals surface area contributed by atoms with E-state index in [2.05, 4.69) is 9.71 Å². The normalized spacial score (nSPS) is 15.7. The van der Waals surface area contributed by atoms with Crippen LogP contribution in [0.3, 0.4) is 0 Å². The van der Waals surface area contributed by atoms with Gasteiger partial charge in [0, 0.05) is 11.9 Å². The fourth-order valence-corrected chi connectivity index (χ4v) is 3.75. The molecule has 0 aromatic heterocycles. The van der Waals surface area contributed by atoms with Crippen molar-refractivity contribution in [1.29, 1.82) is 0 Å². The van der Waals surface area contributed by atoms with Crippen molar-refractivity contribution in [2.24, 2.45) is 4.40 Å². The molecule has 1 amide bonds. The third-order valence-corrected chi connectivity index (χ3v) is 5.44. The highest BCUT2D eigenvalue weighted by Crippen LogP contribution is 2.23. The molecule has 0 spiro atoms. The van der Waals surface area contributed by atoms with Crippen LogP contribution in [0.1, 0.15) is 12.5 Å². The molecule has 0 bridgehead atoms. The number of anilines is 1. The van der Waals surface area contributed by atoms with Gasteiger partial charge in [0.1, 0.15) is 5.82 Å². The van der Waals surface area contributed by atoms with Crippen LogP contribution in [0.2, 0.25) is 5.02 Å². The molecular weight excluding hydrogens is 393 g/mol. The number of amides is 1. The molecule has 1 aliphatic heterocycles. The van der Waals surface area contributed by atoms with Gasteiger partial charge < -0.3 is 5.32 Å². The quantitative estimate of drug-likeness (QED) is 0.842. The van der Waals surface area contributed by atoms with E-state index in [1.807, 2.05) is 6.07 Å². The molecule has 2 aromatic carbocycles. The van der Waals surface area contributed by atoms with E-state index < -0.39 is 21.9 Å². The predicted octanol–water partition coefficient (Wildman–Crippen LogP) is 3.52. The highest BCUT2D eigenvalue weighted by molar-refractivity contribution is 7.88. The molecule has 0 aliphatic carbocycles. The topological polar surface area (TPSA) is 78.8 Å². The summed E-state index contributed by atoms with van der Waals surface area (Å²) in [5.41, 5.74) is 1.17. The van der Waals surface area contributed by atoms with Gasteiger partial charge in [-0.05, 0) is 30.7 Å². The smallest absolute Gasteiger partial charge is 0.322 e. The molecule has 0 atom stereocenters. The third-order valence-electron chi connectivity index (χ3n) is 3.81. The lowest BCUT2D eigenvalue weighted by atomic mass is 10.1. The van der Waals surface area contributed by atoms with Crippen LogP contribution >= 0.6 is 11.6 Å². The molecule has 140 valence electrons. The zero-order valence-electron chi connectivity index (χ0n) is 14.2. The Labute approximate surface area is 161 Å². The minimum Gasteiger partial charge on any atom is -0.322 e. The Morgan fingerprint density at radius 1 is 1.22 bits per heavy atom. The third kappa shape index (κ3) is 4.35. The Kier molecular flexibility index (Phi) is 5.29. The molecule has 1 heterocycles. The van der Waals surface area contributed by atoms with Crippen LogP contribution in [-0.4, -0.2) is 24.3 Å². The Morgan fingerprint density at radius 2 is 1.93 bits per heavy atom. The molecular formula is C18H15ClFN3O3S. The Morgan fingerprint density at radius 3 is 2.59 bits per heavy atom. The van der Waals surface area contributed by atoms with Crippen molar-refractivity contribution in [3.63, 3.8) is 0 Å². The van der Waals surface area contributed by atoms with E-state index in [-0.39, 0.29) is 28.5 Å². The molecule has 1 aliphatic rings. The first kappa shape index (κ1) is 19.1. The van der Waals surface area contributed by atoms with Crippen molar-refractivity contribution >= 4 is 39.1 Å². The average molecular weight is 408 g/mol. The van der Waals surface area contributed by atoms with Gasteiger partial charge in [-0.2, -0.15) is 8.42 Å². The molecule has 0 saturated heterocycles. The van der Waals surface area contributed by atoms with Gasteiger partial charge in [0.2, 0.25) is 0 Å². The lowest BCUT2D eigenvalue weighted by molar-refractivity contribution is -0.112. The highest BCUT2D eigenvalue weighted by atomic mass is 35.5. The van der Waals surface area contributed by atoms with Crippen molar-refractivity contribution in [1.82, 2.24) is 4.31 Å². The maximum atomic E-state index is 13.2. The maximum absolute atomic E-state index is 13.2. The van der Waals surface area contributed by atoms with Crippen molar-refractivity contribution < 1.29 is 17.6 Å². The summed E-state index contributed by atoms with van der Waals surface area (Å²) < 4.78 is 42.5. The number of hydrogen-bond acceptors (Lipinski definition) is 3. The molecule has 1 N–H and O–H groups in total. The second-order valence-electron chi connectivity index (χ2n) is 5.81. The van der Waals surface area contributed by atoms with Crippen LogP contribution in [0, 0.1) is 5.82 Å². The SMILES string of the molecule is CC1=NS(=O)(=O)N(Cc2ccccc2)C=C1C(=O)Nc1ccc(F)c(Cl)c1. The summed E-state index contributed by atoms with van der Waals surface area (Å²) >= 11 is 5.71. The molecule has 27 heavy (non-hydrogen) atoms. The fraction of sp³-hybridized carbons (Fsp3) is 0.111. The standard InChI is InChI=1S/C18H15ClFN3O3S/c1-12-15(18(24)21-14-7-8-17(20)16(19)9-14)11-23(27(25,26)22-12)10-13-5-3-2-4-6-13/h2-9,11H,10H2,1H3,(H,21,24). The number of halogens is 2. The Bertz CT molecular complexity index is 1050. The van der Waals surface area contributed by atoms with Crippen LogP contribution in [0.25, 0.3) is 0 Å². The van der Waals surface area contributed by atoms with E-state index in [4.69, 9.17) is 11.6 Å². The minimum atomic E-state index is -3.93. The number of benzene rings is 2. The van der Waals surface area contributed by atoms with E-state index in [1.165, 1.54) is 25.3 Å². The van der Waals surface area contributed by atoms with Gasteiger partial charge in [-0.25, -0.2) is 4.39 Å². The Balaban J connectivity index is 1.87. The van der Waals surface area contributed by atoms with Crippen molar-refractivity contribution in [3.05, 3.63) is 76.7 Å². The molecule has 0 radical (unpaired) electrons. The second-order valence-corrected chi connectivity index (χ2v) is 7.77. The second kappa shape index (κ2) is 7.50. The van der Waals surface area contributed by atoms with E-state index >= 15 is 0 Å². The van der Waals surface area contributed by atoms with Gasteiger partial charge in [0.25, 0.3) is 5.91 Å². The molecule has 2 aromatic rings. The summed E-state index contributed by atoms with van der Waals surface area (Å²) in [5.74, 6) is -1.18. The van der Waals surface area contributed by atoms with Crippen LogP contribution in [0.15, 0.2) is 64.7 Å². The first-order valence-electron chi connectivity index (χ1n) is 7.87. The summed E-state index contributed by atoms with van der Waals surface area (Å²) in [4.78, 5) is 12.6. The van der Waals surface area contributed by atoms with Gasteiger partial charge in [0.15, 0.2) is 0 Å². The average Bonchev–Trinajstić information content (AvgIpc) is 2.61. The lowest BCUT2D eigenvalue weighted by Gasteiger charge is -2.23. The summed E-state index contributed by atoms with van der Waals surface area (Å²) in [5, 5.41) is 2.43. The fourth-order valence-electron chi connectivity index (χ4n) is 2.46.